The standard InChI is InChI=1S/C17H25NO2S/c1-18(11-13-7-5-8-14(13)19)17(20)16-10-12-6-3-2-4-9-15(12)21-16/h10,13-14,19H,2-9,11H2,1H3. The number of carbonyl (C=O) groups excluding carboxylic acids is 1. The zero-order chi connectivity index (χ0) is 14.8. The molecule has 1 saturated carbocycles. The highest BCUT2D eigenvalue weighted by Gasteiger charge is 2.28. The first-order chi connectivity index (χ1) is 10.1. The van der Waals surface area contributed by atoms with Crippen molar-refractivity contribution in [2.75, 3.05) is 13.6 Å². The largest absolute Gasteiger partial charge is 0.393 e. The first kappa shape index (κ1) is 15.0. The number of aliphatic hydroxyl groups excluding tert-OH is 1. The SMILES string of the molecule is CN(CC1CCCC1O)C(=O)c1cc2c(s1)CCCCC2. The second-order valence-electron chi connectivity index (χ2n) is 6.56. The van der Waals surface area contributed by atoms with Crippen molar-refractivity contribution in [2.45, 2.75) is 57.5 Å². The van der Waals surface area contributed by atoms with Gasteiger partial charge in [0.2, 0.25) is 0 Å². The Kier molecular flexibility index (Phi) is 4.65. The van der Waals surface area contributed by atoms with Crippen LogP contribution in [0.3, 0.4) is 0 Å². The Balaban J connectivity index is 1.67. The lowest BCUT2D eigenvalue weighted by Crippen LogP contribution is -2.34. The summed E-state index contributed by atoms with van der Waals surface area (Å²) in [5, 5.41) is 9.92. The van der Waals surface area contributed by atoms with Gasteiger partial charge in [0.1, 0.15) is 0 Å². The Morgan fingerprint density at radius 1 is 1.29 bits per heavy atom. The van der Waals surface area contributed by atoms with Crippen LogP contribution in [-0.2, 0) is 12.8 Å². The fraction of sp³-hybridized carbons (Fsp3) is 0.706. The summed E-state index contributed by atoms with van der Waals surface area (Å²) in [6.07, 6.45) is 8.88. The van der Waals surface area contributed by atoms with Crippen molar-refractivity contribution in [1.82, 2.24) is 4.90 Å². The van der Waals surface area contributed by atoms with Crippen molar-refractivity contribution in [3.05, 3.63) is 21.4 Å². The van der Waals surface area contributed by atoms with Crippen molar-refractivity contribution < 1.29 is 9.90 Å². The second kappa shape index (κ2) is 6.49. The van der Waals surface area contributed by atoms with Crippen LogP contribution in [-0.4, -0.2) is 35.6 Å². The molecule has 2 unspecified atom stereocenters. The fourth-order valence-electron chi connectivity index (χ4n) is 3.63. The molecular weight excluding hydrogens is 282 g/mol. The van der Waals surface area contributed by atoms with E-state index >= 15 is 0 Å². The van der Waals surface area contributed by atoms with Gasteiger partial charge in [-0.25, -0.2) is 0 Å². The molecule has 0 bridgehead atoms. The lowest BCUT2D eigenvalue weighted by Gasteiger charge is -2.22. The Bertz CT molecular complexity index is 487. The first-order valence-corrected chi connectivity index (χ1v) is 9.02. The third-order valence-corrected chi connectivity index (χ3v) is 6.16. The van der Waals surface area contributed by atoms with Crippen LogP contribution in [0, 0.1) is 5.92 Å². The zero-order valence-corrected chi connectivity index (χ0v) is 13.6. The van der Waals surface area contributed by atoms with Crippen molar-refractivity contribution in [3.8, 4) is 0 Å². The quantitative estimate of drug-likeness (QED) is 0.871. The molecule has 1 fully saturated rings. The molecule has 2 aliphatic rings. The summed E-state index contributed by atoms with van der Waals surface area (Å²) >= 11 is 1.69. The number of hydrogen-bond acceptors (Lipinski definition) is 3. The highest BCUT2D eigenvalue weighted by atomic mass is 32.1. The summed E-state index contributed by atoms with van der Waals surface area (Å²) in [7, 11) is 1.87. The van der Waals surface area contributed by atoms with Gasteiger partial charge >= 0.3 is 0 Å². The van der Waals surface area contributed by atoms with E-state index in [0.717, 1.165) is 37.0 Å². The molecule has 1 aromatic rings. The lowest BCUT2D eigenvalue weighted by atomic mass is 10.1. The minimum Gasteiger partial charge on any atom is -0.393 e. The van der Waals surface area contributed by atoms with Crippen LogP contribution >= 0.6 is 11.3 Å². The van der Waals surface area contributed by atoms with Gasteiger partial charge in [0.25, 0.3) is 5.91 Å². The molecule has 0 aromatic carbocycles. The molecule has 1 N–H and O–H groups in total. The molecule has 1 heterocycles. The molecule has 1 aromatic heterocycles. The smallest absolute Gasteiger partial charge is 0.263 e. The van der Waals surface area contributed by atoms with Gasteiger partial charge in [-0.1, -0.05) is 12.8 Å². The molecule has 116 valence electrons. The summed E-state index contributed by atoms with van der Waals surface area (Å²) in [4.78, 5) is 16.7. The van der Waals surface area contributed by atoms with Crippen LogP contribution in [0.15, 0.2) is 6.07 Å². The van der Waals surface area contributed by atoms with E-state index in [1.165, 1.54) is 29.7 Å². The average Bonchev–Trinajstić information content (AvgIpc) is 2.99. The Hall–Kier alpha value is -0.870. The molecule has 0 saturated heterocycles. The number of aliphatic hydroxyl groups is 1. The van der Waals surface area contributed by atoms with E-state index in [0.29, 0.717) is 6.54 Å². The van der Waals surface area contributed by atoms with E-state index in [-0.39, 0.29) is 17.9 Å². The van der Waals surface area contributed by atoms with Gasteiger partial charge in [0.05, 0.1) is 11.0 Å². The van der Waals surface area contributed by atoms with Crippen molar-refractivity contribution >= 4 is 17.2 Å². The summed E-state index contributed by atoms with van der Waals surface area (Å²) in [6.45, 7) is 0.683. The monoisotopic (exact) mass is 307 g/mol. The minimum atomic E-state index is -0.222. The second-order valence-corrected chi connectivity index (χ2v) is 7.70. The molecule has 2 atom stereocenters. The number of amides is 1. The van der Waals surface area contributed by atoms with E-state index in [1.54, 1.807) is 11.3 Å². The number of rotatable bonds is 3. The molecule has 4 heteroatoms. The summed E-state index contributed by atoms with van der Waals surface area (Å²) < 4.78 is 0. The van der Waals surface area contributed by atoms with Gasteiger partial charge in [0.15, 0.2) is 0 Å². The summed E-state index contributed by atoms with van der Waals surface area (Å²) in [5.41, 5.74) is 1.40. The van der Waals surface area contributed by atoms with Gasteiger partial charge in [-0.3, -0.25) is 4.79 Å². The molecule has 0 radical (unpaired) electrons. The maximum atomic E-state index is 12.6. The van der Waals surface area contributed by atoms with E-state index in [4.69, 9.17) is 0 Å². The fourth-order valence-corrected chi connectivity index (χ4v) is 4.87. The number of fused-ring (bicyclic) bond motifs is 1. The maximum absolute atomic E-state index is 12.6. The van der Waals surface area contributed by atoms with Crippen LogP contribution in [0.25, 0.3) is 0 Å². The van der Waals surface area contributed by atoms with Crippen LogP contribution in [0.5, 0.6) is 0 Å². The lowest BCUT2D eigenvalue weighted by molar-refractivity contribution is 0.0698. The molecule has 0 aliphatic heterocycles. The van der Waals surface area contributed by atoms with Gasteiger partial charge in [-0.15, -0.1) is 11.3 Å². The third kappa shape index (κ3) is 3.32. The number of aryl methyl sites for hydroxylation is 2. The Morgan fingerprint density at radius 2 is 2.10 bits per heavy atom. The third-order valence-electron chi connectivity index (χ3n) is 4.93. The van der Waals surface area contributed by atoms with Crippen molar-refractivity contribution in [1.29, 1.82) is 0 Å². The number of carbonyl (C=O) groups is 1. The van der Waals surface area contributed by atoms with Crippen molar-refractivity contribution in [2.24, 2.45) is 5.92 Å². The predicted octanol–water partition coefficient (Wildman–Crippen LogP) is 3.25. The highest BCUT2D eigenvalue weighted by molar-refractivity contribution is 7.14. The topological polar surface area (TPSA) is 40.5 Å². The van der Waals surface area contributed by atoms with Gasteiger partial charge in [-0.2, -0.15) is 0 Å². The normalized spacial score (nSPS) is 25.4. The predicted molar refractivity (Wildman–Crippen MR) is 85.9 cm³/mol. The molecule has 1 amide bonds. The number of thiophene rings is 1. The molecule has 3 nitrogen and oxygen atoms in total. The van der Waals surface area contributed by atoms with Gasteiger partial charge in [-0.05, 0) is 50.2 Å². The molecule has 21 heavy (non-hydrogen) atoms. The van der Waals surface area contributed by atoms with Crippen LogP contribution in [0.4, 0.5) is 0 Å². The highest BCUT2D eigenvalue weighted by Crippen LogP contribution is 2.31. The molecule has 2 aliphatic carbocycles. The van der Waals surface area contributed by atoms with E-state index in [2.05, 4.69) is 6.07 Å². The summed E-state index contributed by atoms with van der Waals surface area (Å²) in [6, 6.07) is 2.12. The molecule has 3 rings (SSSR count). The van der Waals surface area contributed by atoms with E-state index in [9.17, 15) is 9.90 Å². The summed E-state index contributed by atoms with van der Waals surface area (Å²) in [5.74, 6) is 0.393. The van der Waals surface area contributed by atoms with Gasteiger partial charge in [0, 0.05) is 24.4 Å². The van der Waals surface area contributed by atoms with Crippen LogP contribution in [0.1, 0.15) is 58.6 Å². The molecular formula is C17H25NO2S. The maximum Gasteiger partial charge on any atom is 0.263 e. The van der Waals surface area contributed by atoms with Crippen LogP contribution in [0.2, 0.25) is 0 Å². The van der Waals surface area contributed by atoms with Crippen molar-refractivity contribution in [3.63, 3.8) is 0 Å². The minimum absolute atomic E-state index is 0.132. The number of hydrogen-bond donors (Lipinski definition) is 1. The van der Waals surface area contributed by atoms with Gasteiger partial charge < -0.3 is 10.0 Å². The Labute approximate surface area is 131 Å². The first-order valence-electron chi connectivity index (χ1n) is 8.20. The molecule has 0 spiro atoms. The van der Waals surface area contributed by atoms with E-state index < -0.39 is 0 Å². The van der Waals surface area contributed by atoms with Crippen LogP contribution < -0.4 is 0 Å². The van der Waals surface area contributed by atoms with E-state index in [1.807, 2.05) is 11.9 Å². The zero-order valence-electron chi connectivity index (χ0n) is 12.8. The average molecular weight is 307 g/mol. The Morgan fingerprint density at radius 3 is 2.86 bits per heavy atom. The number of nitrogens with zero attached hydrogens (tertiary/aromatic N) is 1.